The van der Waals surface area contributed by atoms with Gasteiger partial charge in [-0.3, -0.25) is 0 Å². The molecule has 0 bridgehead atoms. The van der Waals surface area contributed by atoms with Crippen LogP contribution in [0.3, 0.4) is 0 Å². The van der Waals surface area contributed by atoms with Crippen LogP contribution in [0.1, 0.15) is 24.8 Å². The van der Waals surface area contributed by atoms with Crippen molar-refractivity contribution in [1.82, 2.24) is 9.62 Å². The summed E-state index contributed by atoms with van der Waals surface area (Å²) in [4.78, 5) is 0.394. The molecule has 0 aromatic heterocycles. The molecular weight excluding hydrogens is 272 g/mol. The summed E-state index contributed by atoms with van der Waals surface area (Å²) in [6.45, 7) is 4.62. The van der Waals surface area contributed by atoms with Crippen LogP contribution < -0.4 is 5.32 Å². The number of piperidine rings is 1. The third-order valence-electron chi connectivity index (χ3n) is 4.01. The van der Waals surface area contributed by atoms with Crippen LogP contribution in [0.4, 0.5) is 0 Å². The van der Waals surface area contributed by atoms with E-state index in [1.165, 1.54) is 4.31 Å². The van der Waals surface area contributed by atoms with Gasteiger partial charge in [-0.15, -0.1) is 0 Å². The molecule has 20 heavy (non-hydrogen) atoms. The summed E-state index contributed by atoms with van der Waals surface area (Å²) in [5.41, 5.74) is 0.970. The van der Waals surface area contributed by atoms with Crippen molar-refractivity contribution in [2.45, 2.75) is 31.1 Å². The van der Waals surface area contributed by atoms with Crippen molar-refractivity contribution in [2.24, 2.45) is 5.92 Å². The molecule has 1 heterocycles. The number of hydrogen-bond donors (Lipinski definition) is 1. The van der Waals surface area contributed by atoms with E-state index in [0.717, 1.165) is 37.9 Å². The first-order chi connectivity index (χ1) is 9.50. The standard InChI is InChI=1S/C15H24N2O2S/c1-13-4-3-5-15(12-13)20(18,19)17(2)11-8-14-6-9-16-10-7-14/h3-5,12,14,16H,6-11H2,1-2H3. The van der Waals surface area contributed by atoms with Crippen molar-refractivity contribution in [3.05, 3.63) is 29.8 Å². The smallest absolute Gasteiger partial charge is 0.242 e. The Bertz CT molecular complexity index is 537. The normalized spacial score (nSPS) is 17.6. The Morgan fingerprint density at radius 1 is 1.30 bits per heavy atom. The van der Waals surface area contributed by atoms with Crippen LogP contribution in [0.15, 0.2) is 29.2 Å². The molecule has 0 unspecified atom stereocenters. The zero-order valence-electron chi connectivity index (χ0n) is 12.3. The van der Waals surface area contributed by atoms with Crippen molar-refractivity contribution >= 4 is 10.0 Å². The van der Waals surface area contributed by atoms with Gasteiger partial charge < -0.3 is 5.32 Å². The summed E-state index contributed by atoms with van der Waals surface area (Å²) in [5, 5.41) is 3.33. The maximum absolute atomic E-state index is 12.5. The summed E-state index contributed by atoms with van der Waals surface area (Å²) < 4.78 is 26.4. The molecule has 0 amide bonds. The predicted octanol–water partition coefficient (Wildman–Crippen LogP) is 2.01. The van der Waals surface area contributed by atoms with Gasteiger partial charge in [0.05, 0.1) is 4.90 Å². The highest BCUT2D eigenvalue weighted by Gasteiger charge is 2.22. The lowest BCUT2D eigenvalue weighted by molar-refractivity contribution is 0.326. The molecule has 0 atom stereocenters. The number of rotatable bonds is 5. The lowest BCUT2D eigenvalue weighted by Crippen LogP contribution is -2.32. The Labute approximate surface area is 122 Å². The molecule has 1 fully saturated rings. The van der Waals surface area contributed by atoms with Crippen molar-refractivity contribution in [2.75, 3.05) is 26.7 Å². The maximum atomic E-state index is 12.5. The molecule has 1 aliphatic heterocycles. The average Bonchev–Trinajstić information content (AvgIpc) is 2.45. The Morgan fingerprint density at radius 2 is 2.00 bits per heavy atom. The van der Waals surface area contributed by atoms with E-state index in [9.17, 15) is 8.42 Å². The van der Waals surface area contributed by atoms with Crippen LogP contribution in [0, 0.1) is 12.8 Å². The van der Waals surface area contributed by atoms with Gasteiger partial charge in [0, 0.05) is 13.6 Å². The van der Waals surface area contributed by atoms with Gasteiger partial charge in [0.25, 0.3) is 0 Å². The number of nitrogens with one attached hydrogen (secondary N) is 1. The first kappa shape index (κ1) is 15.5. The van der Waals surface area contributed by atoms with E-state index in [0.29, 0.717) is 17.4 Å². The molecule has 1 N–H and O–H groups in total. The van der Waals surface area contributed by atoms with Crippen molar-refractivity contribution in [3.63, 3.8) is 0 Å². The molecular formula is C15H24N2O2S. The molecule has 2 rings (SSSR count). The van der Waals surface area contributed by atoms with Gasteiger partial charge in [0.1, 0.15) is 0 Å². The van der Waals surface area contributed by atoms with Crippen LogP contribution in [0.2, 0.25) is 0 Å². The Kier molecular flexibility index (Phi) is 5.18. The zero-order chi connectivity index (χ0) is 14.6. The fourth-order valence-electron chi connectivity index (χ4n) is 2.61. The monoisotopic (exact) mass is 296 g/mol. The molecule has 0 spiro atoms. The van der Waals surface area contributed by atoms with Gasteiger partial charge in [-0.2, -0.15) is 0 Å². The fourth-order valence-corrected chi connectivity index (χ4v) is 3.90. The topological polar surface area (TPSA) is 49.4 Å². The summed E-state index contributed by atoms with van der Waals surface area (Å²) in [7, 11) is -1.67. The van der Waals surface area contributed by atoms with E-state index < -0.39 is 10.0 Å². The second kappa shape index (κ2) is 6.70. The zero-order valence-corrected chi connectivity index (χ0v) is 13.1. The number of hydrogen-bond acceptors (Lipinski definition) is 3. The number of sulfonamides is 1. The predicted molar refractivity (Wildman–Crippen MR) is 81.2 cm³/mol. The molecule has 5 heteroatoms. The first-order valence-corrected chi connectivity index (χ1v) is 8.68. The fraction of sp³-hybridized carbons (Fsp3) is 0.600. The molecule has 1 aromatic rings. The highest BCUT2D eigenvalue weighted by atomic mass is 32.2. The minimum absolute atomic E-state index is 0.394. The van der Waals surface area contributed by atoms with Gasteiger partial charge in [0.2, 0.25) is 10.0 Å². The summed E-state index contributed by atoms with van der Waals surface area (Å²) in [6.07, 6.45) is 3.25. The van der Waals surface area contributed by atoms with E-state index in [-0.39, 0.29) is 0 Å². The molecule has 0 saturated carbocycles. The quantitative estimate of drug-likeness (QED) is 0.904. The Balaban J connectivity index is 1.98. The number of benzene rings is 1. The van der Waals surface area contributed by atoms with Crippen molar-refractivity contribution < 1.29 is 8.42 Å². The van der Waals surface area contributed by atoms with E-state index in [1.807, 2.05) is 13.0 Å². The minimum Gasteiger partial charge on any atom is -0.317 e. The number of nitrogens with zero attached hydrogens (tertiary/aromatic N) is 1. The van der Waals surface area contributed by atoms with Gasteiger partial charge in [-0.05, 0) is 62.9 Å². The summed E-state index contributed by atoms with van der Waals surface area (Å²) in [6, 6.07) is 7.11. The van der Waals surface area contributed by atoms with Gasteiger partial charge in [-0.1, -0.05) is 12.1 Å². The first-order valence-electron chi connectivity index (χ1n) is 7.24. The molecule has 112 valence electrons. The van der Waals surface area contributed by atoms with Crippen LogP contribution >= 0.6 is 0 Å². The largest absolute Gasteiger partial charge is 0.317 e. The average molecular weight is 296 g/mol. The summed E-state index contributed by atoms with van der Waals surface area (Å²) in [5.74, 6) is 0.645. The van der Waals surface area contributed by atoms with Crippen LogP contribution in [-0.2, 0) is 10.0 Å². The van der Waals surface area contributed by atoms with Gasteiger partial charge in [0.15, 0.2) is 0 Å². The van der Waals surface area contributed by atoms with E-state index in [4.69, 9.17) is 0 Å². The maximum Gasteiger partial charge on any atom is 0.242 e. The highest BCUT2D eigenvalue weighted by molar-refractivity contribution is 7.89. The Hall–Kier alpha value is -0.910. The van der Waals surface area contributed by atoms with E-state index in [2.05, 4.69) is 5.32 Å². The lowest BCUT2D eigenvalue weighted by Gasteiger charge is -2.25. The van der Waals surface area contributed by atoms with Crippen molar-refractivity contribution in [3.8, 4) is 0 Å². The third-order valence-corrected chi connectivity index (χ3v) is 5.86. The second-order valence-electron chi connectivity index (χ2n) is 5.63. The SMILES string of the molecule is Cc1cccc(S(=O)(=O)N(C)CCC2CCNCC2)c1. The highest BCUT2D eigenvalue weighted by Crippen LogP contribution is 2.20. The molecule has 0 aliphatic carbocycles. The van der Waals surface area contributed by atoms with Crippen LogP contribution in [-0.4, -0.2) is 39.4 Å². The Morgan fingerprint density at radius 3 is 2.65 bits per heavy atom. The van der Waals surface area contributed by atoms with Gasteiger partial charge in [-0.25, -0.2) is 12.7 Å². The molecule has 0 radical (unpaired) electrons. The molecule has 1 saturated heterocycles. The molecule has 4 nitrogen and oxygen atoms in total. The lowest BCUT2D eigenvalue weighted by atomic mass is 9.95. The van der Waals surface area contributed by atoms with Crippen LogP contribution in [0.25, 0.3) is 0 Å². The third kappa shape index (κ3) is 3.81. The number of aryl methyl sites for hydroxylation is 1. The molecule has 1 aromatic carbocycles. The van der Waals surface area contributed by atoms with E-state index >= 15 is 0 Å². The van der Waals surface area contributed by atoms with Crippen molar-refractivity contribution in [1.29, 1.82) is 0 Å². The molecule has 1 aliphatic rings. The minimum atomic E-state index is -3.34. The van der Waals surface area contributed by atoms with Gasteiger partial charge >= 0.3 is 0 Å². The second-order valence-corrected chi connectivity index (χ2v) is 7.67. The van der Waals surface area contributed by atoms with Crippen LogP contribution in [0.5, 0.6) is 0 Å². The van der Waals surface area contributed by atoms with E-state index in [1.54, 1.807) is 25.2 Å². The summed E-state index contributed by atoms with van der Waals surface area (Å²) >= 11 is 0.